The van der Waals surface area contributed by atoms with Crippen LogP contribution >= 0.6 is 0 Å². The minimum absolute atomic E-state index is 0.270. The molecule has 0 bridgehead atoms. The summed E-state index contributed by atoms with van der Waals surface area (Å²) in [6.07, 6.45) is 1.84. The number of aliphatic carboxylic acids is 1. The van der Waals surface area contributed by atoms with Gasteiger partial charge in [0.15, 0.2) is 0 Å². The third kappa shape index (κ3) is 1.45. The summed E-state index contributed by atoms with van der Waals surface area (Å²) in [6, 6.07) is 4.35. The summed E-state index contributed by atoms with van der Waals surface area (Å²) in [5.74, 6) is -1.04. The average Bonchev–Trinajstić information content (AvgIpc) is 2.18. The predicted molar refractivity (Wildman–Crippen MR) is 56.1 cm³/mol. The Morgan fingerprint density at radius 1 is 1.50 bits per heavy atom. The molecular weight excluding hydrogens is 211 g/mol. The van der Waals surface area contributed by atoms with Crippen molar-refractivity contribution in [3.05, 3.63) is 29.6 Å². The number of benzene rings is 1. The fourth-order valence-electron chi connectivity index (χ4n) is 2.14. The van der Waals surface area contributed by atoms with E-state index in [0.717, 1.165) is 6.42 Å². The monoisotopic (exact) mass is 224 g/mol. The molecule has 1 aliphatic rings. The molecule has 1 saturated carbocycles. The van der Waals surface area contributed by atoms with Crippen LogP contribution in [0, 0.1) is 5.82 Å². The molecule has 1 N–H and O–H groups in total. The highest BCUT2D eigenvalue weighted by atomic mass is 19.1. The molecule has 1 fully saturated rings. The maximum atomic E-state index is 13.8. The third-order valence-corrected chi connectivity index (χ3v) is 3.31. The van der Waals surface area contributed by atoms with Gasteiger partial charge in [-0.05, 0) is 18.9 Å². The van der Waals surface area contributed by atoms with E-state index in [4.69, 9.17) is 4.74 Å². The van der Waals surface area contributed by atoms with Gasteiger partial charge in [-0.1, -0.05) is 12.5 Å². The molecule has 86 valence electrons. The van der Waals surface area contributed by atoms with Gasteiger partial charge in [-0.25, -0.2) is 4.39 Å². The summed E-state index contributed by atoms with van der Waals surface area (Å²) in [6.45, 7) is 0. The van der Waals surface area contributed by atoms with Crippen LogP contribution in [0.25, 0.3) is 0 Å². The van der Waals surface area contributed by atoms with Crippen molar-refractivity contribution in [3.63, 3.8) is 0 Å². The highest BCUT2D eigenvalue weighted by molar-refractivity contribution is 5.82. The molecule has 1 aromatic rings. The fourth-order valence-corrected chi connectivity index (χ4v) is 2.14. The van der Waals surface area contributed by atoms with Crippen molar-refractivity contribution < 1.29 is 19.0 Å². The van der Waals surface area contributed by atoms with Gasteiger partial charge in [0.1, 0.15) is 11.6 Å². The summed E-state index contributed by atoms with van der Waals surface area (Å²) in [4.78, 5) is 11.2. The van der Waals surface area contributed by atoms with Gasteiger partial charge in [-0.2, -0.15) is 0 Å². The topological polar surface area (TPSA) is 46.5 Å². The van der Waals surface area contributed by atoms with Gasteiger partial charge in [-0.3, -0.25) is 4.79 Å². The van der Waals surface area contributed by atoms with Crippen molar-refractivity contribution in [2.45, 2.75) is 24.7 Å². The van der Waals surface area contributed by atoms with Gasteiger partial charge in [0.05, 0.1) is 12.5 Å². The number of carboxylic acid groups (broad SMARTS) is 1. The Labute approximate surface area is 92.9 Å². The highest BCUT2D eigenvalue weighted by Crippen LogP contribution is 2.45. The minimum atomic E-state index is -1.02. The summed E-state index contributed by atoms with van der Waals surface area (Å²) in [7, 11) is 1.45. The first-order valence-corrected chi connectivity index (χ1v) is 5.17. The maximum absolute atomic E-state index is 13.8. The van der Waals surface area contributed by atoms with Gasteiger partial charge < -0.3 is 9.84 Å². The molecule has 2 rings (SSSR count). The standard InChI is InChI=1S/C12H13FO3/c1-16-8-3-4-9(10(13)7-8)12(11(14)15)5-2-6-12/h3-4,7H,2,5-6H2,1H3,(H,14,15). The zero-order valence-electron chi connectivity index (χ0n) is 9.00. The molecule has 0 saturated heterocycles. The van der Waals surface area contributed by atoms with Gasteiger partial charge in [0.25, 0.3) is 0 Å². The minimum Gasteiger partial charge on any atom is -0.497 e. The van der Waals surface area contributed by atoms with Crippen molar-refractivity contribution in [2.24, 2.45) is 0 Å². The molecule has 0 radical (unpaired) electrons. The number of methoxy groups -OCH3 is 1. The molecule has 0 atom stereocenters. The fraction of sp³-hybridized carbons (Fsp3) is 0.417. The van der Waals surface area contributed by atoms with E-state index in [0.29, 0.717) is 18.6 Å². The van der Waals surface area contributed by atoms with E-state index in [1.54, 1.807) is 6.07 Å². The number of rotatable bonds is 3. The van der Waals surface area contributed by atoms with E-state index in [1.165, 1.54) is 19.2 Å². The SMILES string of the molecule is COc1ccc(C2(C(=O)O)CCC2)c(F)c1. The van der Waals surface area contributed by atoms with Crippen LogP contribution in [0.15, 0.2) is 18.2 Å². The van der Waals surface area contributed by atoms with E-state index >= 15 is 0 Å². The number of carboxylic acids is 1. The lowest BCUT2D eigenvalue weighted by Crippen LogP contribution is -2.43. The second kappa shape index (κ2) is 3.77. The molecule has 0 amide bonds. The Balaban J connectivity index is 2.43. The van der Waals surface area contributed by atoms with Gasteiger partial charge in [0, 0.05) is 11.6 Å². The molecule has 0 spiro atoms. The third-order valence-electron chi connectivity index (χ3n) is 3.31. The lowest BCUT2D eigenvalue weighted by atomic mass is 9.64. The molecule has 1 aromatic carbocycles. The molecule has 0 aromatic heterocycles. The lowest BCUT2D eigenvalue weighted by Gasteiger charge is -2.38. The number of ether oxygens (including phenoxy) is 1. The van der Waals surface area contributed by atoms with Crippen LogP contribution in [-0.4, -0.2) is 18.2 Å². The number of hydrogen-bond donors (Lipinski definition) is 1. The Morgan fingerprint density at radius 3 is 2.56 bits per heavy atom. The van der Waals surface area contributed by atoms with E-state index in [1.807, 2.05) is 0 Å². The Kier molecular flexibility index (Phi) is 2.58. The van der Waals surface area contributed by atoms with Crippen LogP contribution in [0.2, 0.25) is 0 Å². The van der Waals surface area contributed by atoms with Gasteiger partial charge >= 0.3 is 5.97 Å². The van der Waals surface area contributed by atoms with Gasteiger partial charge in [-0.15, -0.1) is 0 Å². The van der Waals surface area contributed by atoms with Crippen molar-refractivity contribution in [3.8, 4) is 5.75 Å². The predicted octanol–water partition coefficient (Wildman–Crippen LogP) is 2.34. The van der Waals surface area contributed by atoms with Crippen LogP contribution < -0.4 is 4.74 Å². The smallest absolute Gasteiger partial charge is 0.314 e. The van der Waals surface area contributed by atoms with Crippen molar-refractivity contribution in [1.29, 1.82) is 0 Å². The van der Waals surface area contributed by atoms with Gasteiger partial charge in [0.2, 0.25) is 0 Å². The van der Waals surface area contributed by atoms with Crippen molar-refractivity contribution >= 4 is 5.97 Å². The normalized spacial score (nSPS) is 17.6. The average molecular weight is 224 g/mol. The lowest BCUT2D eigenvalue weighted by molar-refractivity contribution is -0.147. The molecular formula is C12H13FO3. The second-order valence-corrected chi connectivity index (χ2v) is 4.09. The zero-order chi connectivity index (χ0) is 11.8. The summed E-state index contributed by atoms with van der Waals surface area (Å²) < 4.78 is 18.7. The quantitative estimate of drug-likeness (QED) is 0.857. The Hall–Kier alpha value is -1.58. The number of hydrogen-bond acceptors (Lipinski definition) is 2. The van der Waals surface area contributed by atoms with E-state index in [2.05, 4.69) is 0 Å². The molecule has 0 unspecified atom stereocenters. The van der Waals surface area contributed by atoms with Crippen LogP contribution in [0.1, 0.15) is 24.8 Å². The summed E-state index contributed by atoms with van der Waals surface area (Å²) >= 11 is 0. The first-order chi connectivity index (χ1) is 7.60. The van der Waals surface area contributed by atoms with Crippen molar-refractivity contribution in [2.75, 3.05) is 7.11 Å². The second-order valence-electron chi connectivity index (χ2n) is 4.09. The van der Waals surface area contributed by atoms with E-state index in [-0.39, 0.29) is 5.56 Å². The van der Waals surface area contributed by atoms with Crippen LogP contribution in [0.3, 0.4) is 0 Å². The number of carbonyl (C=O) groups is 1. The molecule has 16 heavy (non-hydrogen) atoms. The molecule has 0 heterocycles. The van der Waals surface area contributed by atoms with Crippen LogP contribution in [0.5, 0.6) is 5.75 Å². The van der Waals surface area contributed by atoms with Crippen LogP contribution in [-0.2, 0) is 10.2 Å². The van der Waals surface area contributed by atoms with E-state index < -0.39 is 17.2 Å². The summed E-state index contributed by atoms with van der Waals surface area (Å²) in [5, 5.41) is 9.19. The molecule has 4 heteroatoms. The first-order valence-electron chi connectivity index (χ1n) is 5.17. The molecule has 0 aliphatic heterocycles. The Bertz CT molecular complexity index is 424. The molecule has 1 aliphatic carbocycles. The first kappa shape index (κ1) is 10.9. The maximum Gasteiger partial charge on any atom is 0.314 e. The number of halogens is 1. The Morgan fingerprint density at radius 2 is 2.19 bits per heavy atom. The largest absolute Gasteiger partial charge is 0.497 e. The highest BCUT2D eigenvalue weighted by Gasteiger charge is 2.47. The zero-order valence-corrected chi connectivity index (χ0v) is 9.00. The van der Waals surface area contributed by atoms with E-state index in [9.17, 15) is 14.3 Å². The molecule has 3 nitrogen and oxygen atoms in total. The van der Waals surface area contributed by atoms with Crippen LogP contribution in [0.4, 0.5) is 4.39 Å². The summed E-state index contributed by atoms with van der Waals surface area (Å²) in [5.41, 5.74) is -0.747. The van der Waals surface area contributed by atoms with Crippen molar-refractivity contribution in [1.82, 2.24) is 0 Å².